The molecule has 3 aromatic rings. The van der Waals surface area contributed by atoms with Crippen LogP contribution in [0.4, 0.5) is 26.4 Å². The fourth-order valence-corrected chi connectivity index (χ4v) is 2.02. The van der Waals surface area contributed by atoms with E-state index in [-0.39, 0.29) is 5.82 Å². The van der Waals surface area contributed by atoms with E-state index in [9.17, 15) is 9.18 Å². The number of aromatic nitrogens is 1. The number of carbonyl (C=O) groups is 1. The second-order valence-corrected chi connectivity index (χ2v) is 5.13. The minimum absolute atomic E-state index is 0.363. The van der Waals surface area contributed by atoms with Crippen molar-refractivity contribution in [1.29, 1.82) is 0 Å². The first kappa shape index (κ1) is 16.3. The van der Waals surface area contributed by atoms with Crippen LogP contribution in [0.3, 0.4) is 0 Å². The maximum Gasteiger partial charge on any atom is 0.323 e. The molecule has 3 rings (SSSR count). The number of urea groups is 1. The van der Waals surface area contributed by atoms with Gasteiger partial charge in [-0.3, -0.25) is 0 Å². The third kappa shape index (κ3) is 4.68. The van der Waals surface area contributed by atoms with Gasteiger partial charge in [0, 0.05) is 11.4 Å². The Kier molecular flexibility index (Phi) is 4.75. The van der Waals surface area contributed by atoms with E-state index in [1.54, 1.807) is 36.4 Å². The second kappa shape index (κ2) is 7.31. The van der Waals surface area contributed by atoms with Gasteiger partial charge in [0.15, 0.2) is 0 Å². The molecule has 2 amide bonds. The number of nitrogens with two attached hydrogens (primary N) is 1. The molecule has 1 heterocycles. The molecule has 126 valence electrons. The number of hydrogen-bond acceptors (Lipinski definition) is 4. The van der Waals surface area contributed by atoms with E-state index in [1.165, 1.54) is 30.5 Å². The van der Waals surface area contributed by atoms with E-state index >= 15 is 0 Å². The summed E-state index contributed by atoms with van der Waals surface area (Å²) in [4.78, 5) is 15.8. The highest BCUT2D eigenvalue weighted by Crippen LogP contribution is 2.23. The average Bonchev–Trinajstić information content (AvgIpc) is 2.61. The standard InChI is InChI=1S/C18H15FN4O2/c19-12-1-3-13(4-2-12)22-18(24)23-14-5-7-15(8-6-14)25-16-9-10-17(20)21-11-16/h1-11H,(H2,20,21)(H2,22,23,24). The predicted molar refractivity (Wildman–Crippen MR) is 94.2 cm³/mol. The molecule has 0 atom stereocenters. The molecule has 0 unspecified atom stereocenters. The van der Waals surface area contributed by atoms with Crippen LogP contribution in [-0.4, -0.2) is 11.0 Å². The molecule has 0 bridgehead atoms. The number of pyridine rings is 1. The van der Waals surface area contributed by atoms with Gasteiger partial charge in [0.05, 0.1) is 6.20 Å². The minimum atomic E-state index is -0.428. The van der Waals surface area contributed by atoms with E-state index < -0.39 is 6.03 Å². The van der Waals surface area contributed by atoms with E-state index in [0.29, 0.717) is 28.7 Å². The van der Waals surface area contributed by atoms with Crippen molar-refractivity contribution in [3.05, 3.63) is 72.7 Å². The van der Waals surface area contributed by atoms with Crippen LogP contribution in [-0.2, 0) is 0 Å². The number of hydrogen-bond donors (Lipinski definition) is 3. The number of nitrogens with one attached hydrogen (secondary N) is 2. The SMILES string of the molecule is Nc1ccc(Oc2ccc(NC(=O)Nc3ccc(F)cc3)cc2)cn1. The number of rotatable bonds is 4. The fourth-order valence-electron chi connectivity index (χ4n) is 2.02. The third-order valence-electron chi connectivity index (χ3n) is 3.21. The van der Waals surface area contributed by atoms with Crippen LogP contribution < -0.4 is 21.1 Å². The quantitative estimate of drug-likeness (QED) is 0.664. The van der Waals surface area contributed by atoms with Gasteiger partial charge < -0.3 is 21.1 Å². The summed E-state index contributed by atoms with van der Waals surface area (Å²) in [6.45, 7) is 0. The molecule has 0 saturated heterocycles. The van der Waals surface area contributed by atoms with Crippen molar-refractivity contribution >= 4 is 23.2 Å². The van der Waals surface area contributed by atoms with Gasteiger partial charge in [-0.05, 0) is 60.7 Å². The Morgan fingerprint density at radius 3 is 2.00 bits per heavy atom. The van der Waals surface area contributed by atoms with Crippen molar-refractivity contribution in [2.45, 2.75) is 0 Å². The van der Waals surface area contributed by atoms with Crippen molar-refractivity contribution in [3.8, 4) is 11.5 Å². The van der Waals surface area contributed by atoms with Gasteiger partial charge >= 0.3 is 6.03 Å². The number of amides is 2. The van der Waals surface area contributed by atoms with Gasteiger partial charge in [-0.25, -0.2) is 14.2 Å². The van der Waals surface area contributed by atoms with Crippen LogP contribution in [0.1, 0.15) is 0 Å². The molecule has 0 aliphatic heterocycles. The van der Waals surface area contributed by atoms with Crippen LogP contribution in [0.5, 0.6) is 11.5 Å². The van der Waals surface area contributed by atoms with E-state index in [4.69, 9.17) is 10.5 Å². The average molecular weight is 338 g/mol. The first-order chi connectivity index (χ1) is 12.1. The Morgan fingerprint density at radius 1 is 0.880 bits per heavy atom. The lowest BCUT2D eigenvalue weighted by atomic mass is 10.3. The van der Waals surface area contributed by atoms with Crippen LogP contribution in [0.2, 0.25) is 0 Å². The number of halogens is 1. The minimum Gasteiger partial charge on any atom is -0.456 e. The lowest BCUT2D eigenvalue weighted by Gasteiger charge is -2.09. The predicted octanol–water partition coefficient (Wildman–Crippen LogP) is 4.24. The first-order valence-electron chi connectivity index (χ1n) is 7.41. The summed E-state index contributed by atoms with van der Waals surface area (Å²) in [6, 6.07) is 15.3. The van der Waals surface area contributed by atoms with Gasteiger partial charge in [-0.15, -0.1) is 0 Å². The summed E-state index contributed by atoms with van der Waals surface area (Å²) in [5, 5.41) is 5.28. The smallest absolute Gasteiger partial charge is 0.323 e. The molecular weight excluding hydrogens is 323 g/mol. The zero-order valence-electron chi connectivity index (χ0n) is 13.1. The molecule has 0 fully saturated rings. The van der Waals surface area contributed by atoms with Crippen molar-refractivity contribution < 1.29 is 13.9 Å². The number of anilines is 3. The zero-order chi connectivity index (χ0) is 17.6. The third-order valence-corrected chi connectivity index (χ3v) is 3.21. The summed E-state index contributed by atoms with van der Waals surface area (Å²) in [7, 11) is 0. The molecule has 0 aliphatic carbocycles. The highest BCUT2D eigenvalue weighted by Gasteiger charge is 2.04. The normalized spacial score (nSPS) is 10.1. The molecule has 1 aromatic heterocycles. The van der Waals surface area contributed by atoms with Gasteiger partial charge in [0.2, 0.25) is 0 Å². The van der Waals surface area contributed by atoms with Crippen LogP contribution >= 0.6 is 0 Å². The van der Waals surface area contributed by atoms with Gasteiger partial charge in [-0.2, -0.15) is 0 Å². The van der Waals surface area contributed by atoms with Crippen molar-refractivity contribution in [2.75, 3.05) is 16.4 Å². The van der Waals surface area contributed by atoms with E-state index in [0.717, 1.165) is 0 Å². The summed E-state index contributed by atoms with van der Waals surface area (Å²) < 4.78 is 18.5. The van der Waals surface area contributed by atoms with Crippen LogP contribution in [0.25, 0.3) is 0 Å². The number of nitrogen functional groups attached to an aromatic ring is 1. The first-order valence-corrected chi connectivity index (χ1v) is 7.41. The molecule has 4 N–H and O–H groups in total. The van der Waals surface area contributed by atoms with E-state index in [1.807, 2.05) is 0 Å². The molecule has 2 aromatic carbocycles. The maximum absolute atomic E-state index is 12.8. The molecule has 7 heteroatoms. The number of ether oxygens (including phenoxy) is 1. The van der Waals surface area contributed by atoms with Crippen molar-refractivity contribution in [3.63, 3.8) is 0 Å². The highest BCUT2D eigenvalue weighted by molar-refractivity contribution is 5.99. The van der Waals surface area contributed by atoms with E-state index in [2.05, 4.69) is 15.6 Å². The molecule has 0 radical (unpaired) electrons. The molecule has 0 saturated carbocycles. The number of carbonyl (C=O) groups excluding carboxylic acids is 1. The lowest BCUT2D eigenvalue weighted by Crippen LogP contribution is -2.19. The summed E-state index contributed by atoms with van der Waals surface area (Å²) in [5.74, 6) is 1.21. The van der Waals surface area contributed by atoms with Gasteiger partial charge in [0.25, 0.3) is 0 Å². The van der Waals surface area contributed by atoms with Crippen molar-refractivity contribution in [2.24, 2.45) is 0 Å². The lowest BCUT2D eigenvalue weighted by molar-refractivity contribution is 0.262. The molecule has 0 spiro atoms. The number of nitrogens with zero attached hydrogens (tertiary/aromatic N) is 1. The van der Waals surface area contributed by atoms with Crippen LogP contribution in [0, 0.1) is 5.82 Å². The fraction of sp³-hybridized carbons (Fsp3) is 0. The largest absolute Gasteiger partial charge is 0.456 e. The van der Waals surface area contributed by atoms with Gasteiger partial charge in [0.1, 0.15) is 23.1 Å². The Bertz CT molecular complexity index is 850. The van der Waals surface area contributed by atoms with Crippen molar-refractivity contribution in [1.82, 2.24) is 4.98 Å². The maximum atomic E-state index is 12.8. The molecular formula is C18H15FN4O2. The summed E-state index contributed by atoms with van der Waals surface area (Å²) >= 11 is 0. The summed E-state index contributed by atoms with van der Waals surface area (Å²) in [5.41, 5.74) is 6.60. The molecule has 6 nitrogen and oxygen atoms in total. The Balaban J connectivity index is 1.57. The second-order valence-electron chi connectivity index (χ2n) is 5.13. The Morgan fingerprint density at radius 2 is 1.44 bits per heavy atom. The van der Waals surface area contributed by atoms with Gasteiger partial charge in [-0.1, -0.05) is 0 Å². The number of benzene rings is 2. The summed E-state index contributed by atoms with van der Waals surface area (Å²) in [6.07, 6.45) is 1.53. The topological polar surface area (TPSA) is 89.3 Å². The zero-order valence-corrected chi connectivity index (χ0v) is 13.1. The molecule has 0 aliphatic rings. The molecule has 25 heavy (non-hydrogen) atoms. The Hall–Kier alpha value is -3.61. The highest BCUT2D eigenvalue weighted by atomic mass is 19.1. The monoisotopic (exact) mass is 338 g/mol. The Labute approximate surface area is 143 Å². The van der Waals surface area contributed by atoms with Crippen LogP contribution in [0.15, 0.2) is 66.9 Å².